The van der Waals surface area contributed by atoms with Gasteiger partial charge in [0.25, 0.3) is 0 Å². The molecule has 0 radical (unpaired) electrons. The molecule has 0 saturated carbocycles. The van der Waals surface area contributed by atoms with Gasteiger partial charge in [-0.15, -0.1) is 0 Å². The minimum Gasteiger partial charge on any atom is -0.165 e. The Morgan fingerprint density at radius 1 is 0.478 bits per heavy atom. The molecule has 116 valence electrons. The third-order valence-corrected chi connectivity index (χ3v) is 4.32. The van der Waals surface area contributed by atoms with Crippen LogP contribution in [0, 0.1) is 20.8 Å². The molecule has 0 spiro atoms. The minimum atomic E-state index is 0.167. The fourth-order valence-corrected chi connectivity index (χ4v) is 2.79. The zero-order chi connectivity index (χ0) is 16.4. The second kappa shape index (κ2) is 5.99. The number of hydrogen-bond acceptors (Lipinski definition) is 1. The fourth-order valence-electron chi connectivity index (χ4n) is 2.79. The molecule has 3 aromatic carbocycles. The van der Waals surface area contributed by atoms with Crippen molar-refractivity contribution in [2.45, 2.75) is 20.8 Å². The molecule has 0 unspecified atom stereocenters. The summed E-state index contributed by atoms with van der Waals surface area (Å²) in [6.45, 7) is 6.27. The first kappa shape index (κ1) is 15.5. The maximum Gasteiger partial charge on any atom is 0.162 e. The molecular weight excluding hydrogens is 280 g/mol. The van der Waals surface area contributed by atoms with Crippen LogP contribution in [0.25, 0.3) is 0 Å². The molecule has 0 heterocycles. The van der Waals surface area contributed by atoms with Gasteiger partial charge in [0.2, 0.25) is 0 Å². The summed E-state index contributed by atoms with van der Waals surface area (Å²) in [7, 11) is 0. The van der Waals surface area contributed by atoms with Gasteiger partial charge >= 0.3 is 0 Å². The average Bonchev–Trinajstić information content (AvgIpc) is 2.56. The molecule has 0 aliphatic carbocycles. The van der Waals surface area contributed by atoms with Gasteiger partial charge in [-0.2, -0.15) is 10.4 Å². The molecule has 0 aliphatic rings. The molecule has 2 nitrogen and oxygen atoms in total. The van der Waals surface area contributed by atoms with Gasteiger partial charge in [-0.05, 0) is 20.8 Å². The monoisotopic (exact) mass is 303 g/mol. The number of rotatable bonds is 3. The van der Waals surface area contributed by atoms with Gasteiger partial charge in [-0.25, -0.2) is 0 Å². The Bertz CT molecular complexity index is 674. The first-order valence-electron chi connectivity index (χ1n) is 7.89. The predicted molar refractivity (Wildman–Crippen MR) is 98.8 cm³/mol. The highest BCUT2D eigenvalue weighted by Crippen LogP contribution is 2.39. The highest BCUT2D eigenvalue weighted by molar-refractivity contribution is 5.69. The molecule has 0 saturated heterocycles. The Hall–Kier alpha value is -2.42. The van der Waals surface area contributed by atoms with Crippen molar-refractivity contribution < 1.29 is 0 Å². The molecule has 2 heteroatoms. The Labute approximate surface area is 138 Å². The molecule has 0 aliphatic heterocycles. The average molecular weight is 303 g/mol. The topological polar surface area (TPSA) is 26.0 Å². The van der Waals surface area contributed by atoms with Crippen molar-refractivity contribution >= 4 is 17.1 Å². The van der Waals surface area contributed by atoms with E-state index in [2.05, 4.69) is 93.6 Å². The second-order valence-electron chi connectivity index (χ2n) is 6.23. The molecule has 0 aromatic heterocycles. The number of hydrogen-bond donors (Lipinski definition) is 1. The molecule has 3 rings (SSSR count). The Kier molecular flexibility index (Phi) is 4.03. The Morgan fingerprint density at radius 2 is 0.696 bits per heavy atom. The van der Waals surface area contributed by atoms with Crippen LogP contribution >= 0.6 is 0 Å². The van der Waals surface area contributed by atoms with E-state index in [0.29, 0.717) is 0 Å². The van der Waals surface area contributed by atoms with E-state index in [-0.39, 0.29) is 4.59 Å². The number of quaternary nitrogens is 1. The van der Waals surface area contributed by atoms with Gasteiger partial charge in [-0.1, -0.05) is 53.1 Å². The smallest absolute Gasteiger partial charge is 0.162 e. The van der Waals surface area contributed by atoms with Crippen molar-refractivity contribution in [1.82, 2.24) is 4.59 Å². The standard InChI is InChI=1S/C21H23N2/c1-16-4-10-19(11-5-16)23(22,20-12-6-17(2)7-13-20)21-14-8-18(3)9-15-21/h4-15H,22H2,1-3H3/q+1. The summed E-state index contributed by atoms with van der Waals surface area (Å²) < 4.78 is 0.167. The second-order valence-corrected chi connectivity index (χ2v) is 6.23. The summed E-state index contributed by atoms with van der Waals surface area (Å²) in [6.07, 6.45) is 0. The normalized spacial score (nSPS) is 11.5. The van der Waals surface area contributed by atoms with E-state index >= 15 is 0 Å². The van der Waals surface area contributed by atoms with Crippen molar-refractivity contribution in [3.63, 3.8) is 0 Å². The number of aryl methyl sites for hydroxylation is 3. The Balaban J connectivity index is 2.21. The van der Waals surface area contributed by atoms with E-state index in [9.17, 15) is 0 Å². The summed E-state index contributed by atoms with van der Waals surface area (Å²) in [5, 5.41) is 0. The van der Waals surface area contributed by atoms with Crippen LogP contribution in [0.1, 0.15) is 16.7 Å². The van der Waals surface area contributed by atoms with E-state index in [1.54, 1.807) is 0 Å². The highest BCUT2D eigenvalue weighted by Gasteiger charge is 2.32. The van der Waals surface area contributed by atoms with Crippen LogP contribution < -0.4 is 10.4 Å². The SMILES string of the molecule is Cc1ccc([N+](N)(c2ccc(C)cc2)c2ccc(C)cc2)cc1. The van der Waals surface area contributed by atoms with Crippen LogP contribution in [0.15, 0.2) is 72.8 Å². The predicted octanol–water partition coefficient (Wildman–Crippen LogP) is 5.46. The zero-order valence-corrected chi connectivity index (χ0v) is 14.0. The van der Waals surface area contributed by atoms with Gasteiger partial charge in [-0.3, -0.25) is 0 Å². The molecule has 0 bridgehead atoms. The molecule has 23 heavy (non-hydrogen) atoms. The first-order valence-corrected chi connectivity index (χ1v) is 7.89. The molecule has 2 N–H and O–H groups in total. The molecule has 3 aromatic rings. The van der Waals surface area contributed by atoms with Crippen molar-refractivity contribution in [2.24, 2.45) is 5.84 Å². The number of nitrogens with zero attached hydrogens (tertiary/aromatic N) is 1. The largest absolute Gasteiger partial charge is 0.165 e. The number of nitrogens with two attached hydrogens (primary N) is 1. The summed E-state index contributed by atoms with van der Waals surface area (Å²) in [6, 6.07) is 25.3. The molecule has 0 amide bonds. The van der Waals surface area contributed by atoms with Crippen molar-refractivity contribution in [3.05, 3.63) is 89.5 Å². The Morgan fingerprint density at radius 3 is 0.913 bits per heavy atom. The third kappa shape index (κ3) is 2.91. The van der Waals surface area contributed by atoms with Gasteiger partial charge < -0.3 is 0 Å². The van der Waals surface area contributed by atoms with Gasteiger partial charge in [0.1, 0.15) is 0 Å². The summed E-state index contributed by atoms with van der Waals surface area (Å²) in [4.78, 5) is 0. The van der Waals surface area contributed by atoms with Crippen molar-refractivity contribution in [2.75, 3.05) is 0 Å². The van der Waals surface area contributed by atoms with Crippen LogP contribution in [0.2, 0.25) is 0 Å². The number of benzene rings is 3. The van der Waals surface area contributed by atoms with Crippen molar-refractivity contribution in [1.29, 1.82) is 0 Å². The van der Waals surface area contributed by atoms with E-state index < -0.39 is 0 Å². The zero-order valence-electron chi connectivity index (χ0n) is 14.0. The lowest BCUT2D eigenvalue weighted by atomic mass is 10.1. The minimum absolute atomic E-state index is 0.167. The van der Waals surface area contributed by atoms with Crippen LogP contribution in [0.4, 0.5) is 17.1 Å². The van der Waals surface area contributed by atoms with E-state index in [0.717, 1.165) is 17.1 Å². The summed E-state index contributed by atoms with van der Waals surface area (Å²) in [5.74, 6) is 6.95. The van der Waals surface area contributed by atoms with E-state index in [1.807, 2.05) is 0 Å². The summed E-state index contributed by atoms with van der Waals surface area (Å²) >= 11 is 0. The van der Waals surface area contributed by atoms with Crippen molar-refractivity contribution in [3.8, 4) is 0 Å². The lowest BCUT2D eigenvalue weighted by Gasteiger charge is -2.31. The van der Waals surface area contributed by atoms with Gasteiger partial charge in [0.15, 0.2) is 17.1 Å². The maximum absolute atomic E-state index is 6.95. The van der Waals surface area contributed by atoms with Crippen LogP contribution in [0.3, 0.4) is 0 Å². The molecule has 0 atom stereocenters. The maximum atomic E-state index is 6.95. The fraction of sp³-hybridized carbons (Fsp3) is 0.143. The lowest BCUT2D eigenvalue weighted by molar-refractivity contribution is 0.548. The summed E-state index contributed by atoms with van der Waals surface area (Å²) in [5.41, 5.74) is 6.82. The lowest BCUT2D eigenvalue weighted by Crippen LogP contribution is -2.46. The third-order valence-electron chi connectivity index (χ3n) is 4.32. The van der Waals surface area contributed by atoms with Gasteiger partial charge in [0.05, 0.1) is 0 Å². The van der Waals surface area contributed by atoms with Crippen LogP contribution in [0.5, 0.6) is 0 Å². The first-order chi connectivity index (χ1) is 11.0. The van der Waals surface area contributed by atoms with Crippen LogP contribution in [-0.4, -0.2) is 0 Å². The van der Waals surface area contributed by atoms with E-state index in [1.165, 1.54) is 16.7 Å². The van der Waals surface area contributed by atoms with Crippen LogP contribution in [-0.2, 0) is 0 Å². The quantitative estimate of drug-likeness (QED) is 0.388. The van der Waals surface area contributed by atoms with E-state index in [4.69, 9.17) is 5.84 Å². The van der Waals surface area contributed by atoms with Gasteiger partial charge in [0, 0.05) is 36.4 Å². The molecular formula is C21H23N2+. The molecule has 0 fully saturated rings. The highest BCUT2D eigenvalue weighted by atomic mass is 15.6.